The molecule has 1 N–H and O–H groups in total. The molecule has 0 radical (unpaired) electrons. The molecule has 0 fully saturated rings. The fourth-order valence-corrected chi connectivity index (χ4v) is 4.52. The molecule has 31 heavy (non-hydrogen) atoms. The fraction of sp³-hybridized carbons (Fsp3) is 0.400. The Morgan fingerprint density at radius 2 is 1.84 bits per heavy atom. The number of nitrogens with one attached hydrogen (secondary N) is 1. The Labute approximate surface area is 190 Å². The van der Waals surface area contributed by atoms with Crippen molar-refractivity contribution in [2.24, 2.45) is 17.3 Å². The molecule has 0 aromatic heterocycles. The van der Waals surface area contributed by atoms with Crippen LogP contribution in [-0.4, -0.2) is 0 Å². The lowest BCUT2D eigenvalue weighted by Crippen LogP contribution is -2.26. The summed E-state index contributed by atoms with van der Waals surface area (Å²) in [6, 6.07) is 0. The normalized spacial score (nSPS) is 24.5. The fourth-order valence-electron chi connectivity index (χ4n) is 4.52. The first-order valence-electron chi connectivity index (χ1n) is 11.8. The zero-order chi connectivity index (χ0) is 22.4. The Balaban J connectivity index is 1.70. The first kappa shape index (κ1) is 23.1. The van der Waals surface area contributed by atoms with E-state index in [0.29, 0.717) is 11.8 Å². The van der Waals surface area contributed by atoms with Crippen LogP contribution in [0.25, 0.3) is 0 Å². The average Bonchev–Trinajstić information content (AvgIpc) is 2.76. The lowest BCUT2D eigenvalue weighted by atomic mass is 9.72. The van der Waals surface area contributed by atoms with Gasteiger partial charge in [-0.25, -0.2) is 0 Å². The van der Waals surface area contributed by atoms with Gasteiger partial charge in [-0.15, -0.1) is 0 Å². The lowest BCUT2D eigenvalue weighted by Gasteiger charge is -2.34. The van der Waals surface area contributed by atoms with E-state index in [1.807, 2.05) is 13.0 Å². The van der Waals surface area contributed by atoms with Crippen LogP contribution in [0.2, 0.25) is 0 Å². The summed E-state index contributed by atoms with van der Waals surface area (Å²) in [5, 5.41) is 3.74. The average molecular weight is 414 g/mol. The van der Waals surface area contributed by atoms with Gasteiger partial charge in [0, 0.05) is 16.8 Å². The van der Waals surface area contributed by atoms with Gasteiger partial charge in [0.05, 0.1) is 0 Å². The van der Waals surface area contributed by atoms with Crippen LogP contribution >= 0.6 is 0 Å². The van der Waals surface area contributed by atoms with Gasteiger partial charge in [0.25, 0.3) is 0 Å². The quantitative estimate of drug-likeness (QED) is 0.414. The maximum Gasteiger partial charge on any atom is 0.0180 e. The second kappa shape index (κ2) is 10.2. The molecular formula is C30H39N. The van der Waals surface area contributed by atoms with Gasteiger partial charge in [-0.3, -0.25) is 0 Å². The van der Waals surface area contributed by atoms with Crippen LogP contribution < -0.4 is 5.32 Å². The number of hydrogen-bond donors (Lipinski definition) is 1. The van der Waals surface area contributed by atoms with Crippen molar-refractivity contribution in [1.82, 2.24) is 5.32 Å². The van der Waals surface area contributed by atoms with Gasteiger partial charge in [0.15, 0.2) is 0 Å². The van der Waals surface area contributed by atoms with Crippen molar-refractivity contribution in [3.05, 3.63) is 107 Å². The van der Waals surface area contributed by atoms with Crippen LogP contribution in [0.1, 0.15) is 60.3 Å². The highest BCUT2D eigenvalue weighted by Gasteiger charge is 2.29. The van der Waals surface area contributed by atoms with E-state index in [9.17, 15) is 0 Å². The van der Waals surface area contributed by atoms with Crippen LogP contribution in [-0.2, 0) is 0 Å². The Bertz CT molecular complexity index is 937. The van der Waals surface area contributed by atoms with Crippen molar-refractivity contribution in [2.75, 3.05) is 0 Å². The van der Waals surface area contributed by atoms with E-state index in [-0.39, 0.29) is 5.41 Å². The van der Waals surface area contributed by atoms with E-state index in [4.69, 9.17) is 0 Å². The third kappa shape index (κ3) is 5.58. The van der Waals surface area contributed by atoms with E-state index >= 15 is 0 Å². The molecule has 0 aliphatic heterocycles. The molecule has 0 amide bonds. The van der Waals surface area contributed by atoms with Crippen molar-refractivity contribution in [2.45, 2.75) is 60.3 Å². The topological polar surface area (TPSA) is 12.0 Å². The molecular weight excluding hydrogens is 374 g/mol. The van der Waals surface area contributed by atoms with Gasteiger partial charge < -0.3 is 5.32 Å². The lowest BCUT2D eigenvalue weighted by molar-refractivity contribution is 0.482. The number of hydrogen-bond acceptors (Lipinski definition) is 1. The number of allylic oxidation sites excluding steroid dienone is 17. The summed E-state index contributed by atoms with van der Waals surface area (Å²) in [6.07, 6.45) is 28.7. The summed E-state index contributed by atoms with van der Waals surface area (Å²) in [5.74, 6) is 1.11. The smallest absolute Gasteiger partial charge is 0.0180 e. The van der Waals surface area contributed by atoms with Gasteiger partial charge in [-0.1, -0.05) is 94.5 Å². The zero-order valence-electron chi connectivity index (χ0n) is 20.0. The second-order valence-corrected chi connectivity index (χ2v) is 9.65. The summed E-state index contributed by atoms with van der Waals surface area (Å²) >= 11 is 0. The Hall–Kier alpha value is -2.54. The van der Waals surface area contributed by atoms with Crippen LogP contribution in [0.4, 0.5) is 0 Å². The molecule has 0 aromatic rings. The maximum atomic E-state index is 4.34. The van der Waals surface area contributed by atoms with Crippen molar-refractivity contribution < 1.29 is 0 Å². The van der Waals surface area contributed by atoms with E-state index in [1.165, 1.54) is 28.1 Å². The Morgan fingerprint density at radius 3 is 2.48 bits per heavy atom. The summed E-state index contributed by atoms with van der Waals surface area (Å²) in [4.78, 5) is 0. The predicted molar refractivity (Wildman–Crippen MR) is 136 cm³/mol. The van der Waals surface area contributed by atoms with E-state index in [0.717, 1.165) is 31.3 Å². The third-order valence-electron chi connectivity index (χ3n) is 6.99. The van der Waals surface area contributed by atoms with Crippen molar-refractivity contribution >= 4 is 0 Å². The molecule has 0 saturated carbocycles. The monoisotopic (exact) mass is 413 g/mol. The van der Waals surface area contributed by atoms with E-state index in [2.05, 4.69) is 100 Å². The molecule has 3 aliphatic carbocycles. The Morgan fingerprint density at radius 1 is 1.03 bits per heavy atom. The molecule has 0 bridgehead atoms. The number of rotatable bonds is 7. The predicted octanol–water partition coefficient (Wildman–Crippen LogP) is 8.27. The summed E-state index contributed by atoms with van der Waals surface area (Å²) in [6.45, 7) is 15.6. The molecule has 0 spiro atoms. The Kier molecular flexibility index (Phi) is 7.59. The first-order chi connectivity index (χ1) is 14.8. The van der Waals surface area contributed by atoms with Gasteiger partial charge in [-0.05, 0) is 73.3 Å². The largest absolute Gasteiger partial charge is 0.362 e. The minimum Gasteiger partial charge on any atom is -0.362 e. The molecule has 2 atom stereocenters. The molecule has 3 aliphatic rings. The van der Waals surface area contributed by atoms with E-state index in [1.54, 1.807) is 0 Å². The third-order valence-corrected chi connectivity index (χ3v) is 6.99. The van der Waals surface area contributed by atoms with E-state index < -0.39 is 0 Å². The highest BCUT2D eigenvalue weighted by molar-refractivity contribution is 5.44. The molecule has 1 heteroatoms. The standard InChI is InChI=1S/C30H39N/c1-7-8-9-13-24(4)30(5,6)26-17-20-29(23(3)21-26)31-27-18-15-25(16-19-27)28-14-11-10-12-22(28)2/h7-11,13-15,17-18,20,22-23,31H,4,12,16,19,21H2,1-3,5-6H3/b8-7-,13-9-/t22-,23-/m1/s1. The first-order valence-corrected chi connectivity index (χ1v) is 11.8. The van der Waals surface area contributed by atoms with Crippen LogP contribution in [0.15, 0.2) is 107 Å². The highest BCUT2D eigenvalue weighted by Crippen LogP contribution is 2.41. The zero-order valence-corrected chi connectivity index (χ0v) is 20.0. The van der Waals surface area contributed by atoms with Crippen molar-refractivity contribution in [3.8, 4) is 0 Å². The summed E-state index contributed by atoms with van der Waals surface area (Å²) in [7, 11) is 0. The summed E-state index contributed by atoms with van der Waals surface area (Å²) < 4.78 is 0. The molecule has 3 rings (SSSR count). The SMILES string of the molecule is C=C(/C=C\C=C/C)C(C)(C)C1=CC=C(NC2=CC=C(C3=CC=CC[C@H]3C)CC2)[C@H](C)C1. The van der Waals surface area contributed by atoms with Crippen LogP contribution in [0.5, 0.6) is 0 Å². The molecule has 1 nitrogen and oxygen atoms in total. The van der Waals surface area contributed by atoms with Crippen LogP contribution in [0, 0.1) is 17.3 Å². The minimum absolute atomic E-state index is 0.0328. The molecule has 0 saturated heterocycles. The summed E-state index contributed by atoms with van der Waals surface area (Å²) in [5.41, 5.74) is 8.24. The van der Waals surface area contributed by atoms with Gasteiger partial charge in [0.1, 0.15) is 0 Å². The molecule has 0 aromatic carbocycles. The van der Waals surface area contributed by atoms with Crippen molar-refractivity contribution in [3.63, 3.8) is 0 Å². The van der Waals surface area contributed by atoms with Crippen LogP contribution in [0.3, 0.4) is 0 Å². The minimum atomic E-state index is -0.0328. The maximum absolute atomic E-state index is 4.34. The molecule has 0 unspecified atom stereocenters. The molecule has 164 valence electrons. The van der Waals surface area contributed by atoms with Crippen molar-refractivity contribution in [1.29, 1.82) is 0 Å². The second-order valence-electron chi connectivity index (χ2n) is 9.65. The molecule has 0 heterocycles. The van der Waals surface area contributed by atoms with Gasteiger partial charge >= 0.3 is 0 Å². The highest BCUT2D eigenvalue weighted by atomic mass is 14.9. The van der Waals surface area contributed by atoms with Gasteiger partial charge in [-0.2, -0.15) is 0 Å². The van der Waals surface area contributed by atoms with Gasteiger partial charge in [0.2, 0.25) is 0 Å².